The minimum Gasteiger partial charge on any atom is -0.336 e. The van der Waals surface area contributed by atoms with Crippen molar-refractivity contribution in [3.05, 3.63) is 28.8 Å². The fraction of sp³-hybridized carbons (Fsp3) is 0.462. The van der Waals surface area contributed by atoms with Gasteiger partial charge in [-0.3, -0.25) is 4.79 Å². The maximum Gasteiger partial charge on any atom is 0.255 e. The molecule has 20 heavy (non-hydrogen) atoms. The van der Waals surface area contributed by atoms with Gasteiger partial charge in [0.2, 0.25) is 10.0 Å². The molecule has 2 N–H and O–H groups in total. The highest BCUT2D eigenvalue weighted by Crippen LogP contribution is 2.26. The number of nitrogens with zero attached hydrogens (tertiary/aromatic N) is 1. The van der Waals surface area contributed by atoms with Gasteiger partial charge in [-0.2, -0.15) is 0 Å². The number of carbonyl (C=O) groups excluding carboxylic acids is 1. The molecule has 1 heterocycles. The van der Waals surface area contributed by atoms with Crippen LogP contribution in [0.25, 0.3) is 0 Å². The van der Waals surface area contributed by atoms with Crippen LogP contribution in [0.2, 0.25) is 5.02 Å². The Hall–Kier alpha value is -1.11. The number of halogens is 1. The highest BCUT2D eigenvalue weighted by Gasteiger charge is 2.29. The van der Waals surface area contributed by atoms with Crippen molar-refractivity contribution >= 4 is 27.5 Å². The number of primary sulfonamides is 1. The van der Waals surface area contributed by atoms with Gasteiger partial charge in [0.1, 0.15) is 0 Å². The fourth-order valence-electron chi connectivity index (χ4n) is 2.53. The number of rotatable bonds is 3. The van der Waals surface area contributed by atoms with Crippen molar-refractivity contribution in [3.8, 4) is 0 Å². The van der Waals surface area contributed by atoms with Crippen molar-refractivity contribution in [1.29, 1.82) is 0 Å². The summed E-state index contributed by atoms with van der Waals surface area (Å²) in [6.07, 6.45) is 2.80. The number of likely N-dealkylation sites (tertiary alicyclic amines) is 1. The van der Waals surface area contributed by atoms with Crippen LogP contribution in [-0.2, 0) is 10.0 Å². The number of amides is 1. The van der Waals surface area contributed by atoms with E-state index in [4.69, 9.17) is 16.7 Å². The van der Waals surface area contributed by atoms with E-state index in [-0.39, 0.29) is 27.4 Å². The molecule has 1 amide bonds. The number of benzene rings is 1. The van der Waals surface area contributed by atoms with E-state index in [1.54, 1.807) is 4.90 Å². The van der Waals surface area contributed by atoms with Gasteiger partial charge in [-0.05, 0) is 37.5 Å². The third kappa shape index (κ3) is 2.97. The standard InChI is InChI=1S/C13H17ClN2O3S/c1-2-9-4-3-7-16(9)13(17)11-8-10(20(15,18)19)5-6-12(11)14/h5-6,8-9H,2-4,7H2,1H3,(H2,15,18,19). The fourth-order valence-corrected chi connectivity index (χ4v) is 3.27. The molecule has 0 saturated carbocycles. The van der Waals surface area contributed by atoms with Gasteiger partial charge < -0.3 is 4.90 Å². The molecule has 1 unspecified atom stereocenters. The summed E-state index contributed by atoms with van der Waals surface area (Å²) in [5, 5.41) is 5.33. The van der Waals surface area contributed by atoms with E-state index in [1.807, 2.05) is 6.92 Å². The van der Waals surface area contributed by atoms with Gasteiger partial charge in [-0.15, -0.1) is 0 Å². The summed E-state index contributed by atoms with van der Waals surface area (Å²) in [6, 6.07) is 4.14. The highest BCUT2D eigenvalue weighted by molar-refractivity contribution is 7.89. The molecule has 0 bridgehead atoms. The zero-order chi connectivity index (χ0) is 14.9. The third-order valence-electron chi connectivity index (χ3n) is 3.61. The molecule has 0 aromatic heterocycles. The topological polar surface area (TPSA) is 80.5 Å². The van der Waals surface area contributed by atoms with Crippen LogP contribution >= 0.6 is 11.6 Å². The van der Waals surface area contributed by atoms with Gasteiger partial charge in [-0.1, -0.05) is 18.5 Å². The second kappa shape index (κ2) is 5.71. The lowest BCUT2D eigenvalue weighted by Crippen LogP contribution is -2.35. The van der Waals surface area contributed by atoms with Crippen LogP contribution < -0.4 is 5.14 Å². The lowest BCUT2D eigenvalue weighted by Gasteiger charge is -2.24. The molecular formula is C13H17ClN2O3S. The summed E-state index contributed by atoms with van der Waals surface area (Å²) in [6.45, 7) is 2.70. The van der Waals surface area contributed by atoms with Crippen molar-refractivity contribution in [2.24, 2.45) is 5.14 Å². The number of sulfonamides is 1. The third-order valence-corrected chi connectivity index (χ3v) is 4.85. The van der Waals surface area contributed by atoms with Crippen molar-refractivity contribution in [1.82, 2.24) is 4.90 Å². The summed E-state index contributed by atoms with van der Waals surface area (Å²) in [5.41, 5.74) is 0.193. The molecular weight excluding hydrogens is 300 g/mol. The predicted octanol–water partition coefficient (Wildman–Crippen LogP) is 2.00. The SMILES string of the molecule is CCC1CCCN1C(=O)c1cc(S(N)(=O)=O)ccc1Cl. The molecule has 1 aromatic carbocycles. The molecule has 0 aliphatic carbocycles. The van der Waals surface area contributed by atoms with Crippen LogP contribution in [0.5, 0.6) is 0 Å². The Morgan fingerprint density at radius 1 is 1.50 bits per heavy atom. The zero-order valence-electron chi connectivity index (χ0n) is 11.2. The van der Waals surface area contributed by atoms with E-state index in [9.17, 15) is 13.2 Å². The van der Waals surface area contributed by atoms with Gasteiger partial charge in [0.15, 0.2) is 0 Å². The minimum absolute atomic E-state index is 0.0995. The van der Waals surface area contributed by atoms with Crippen molar-refractivity contribution < 1.29 is 13.2 Å². The summed E-state index contributed by atoms with van der Waals surface area (Å²) in [5.74, 6) is -0.232. The maximum atomic E-state index is 12.5. The first-order valence-corrected chi connectivity index (χ1v) is 8.40. The van der Waals surface area contributed by atoms with Crippen molar-refractivity contribution in [2.75, 3.05) is 6.54 Å². The quantitative estimate of drug-likeness (QED) is 0.926. The lowest BCUT2D eigenvalue weighted by molar-refractivity contribution is 0.0733. The molecule has 1 saturated heterocycles. The van der Waals surface area contributed by atoms with Crippen molar-refractivity contribution in [3.63, 3.8) is 0 Å². The number of hydrogen-bond donors (Lipinski definition) is 1. The van der Waals surface area contributed by atoms with E-state index >= 15 is 0 Å². The van der Waals surface area contributed by atoms with E-state index in [0.29, 0.717) is 6.54 Å². The van der Waals surface area contributed by atoms with Crippen LogP contribution in [0, 0.1) is 0 Å². The molecule has 7 heteroatoms. The van der Waals surface area contributed by atoms with Gasteiger partial charge in [0.05, 0.1) is 15.5 Å². The Balaban J connectivity index is 2.39. The number of nitrogens with two attached hydrogens (primary N) is 1. The molecule has 2 rings (SSSR count). The average Bonchev–Trinajstić information content (AvgIpc) is 2.85. The molecule has 0 radical (unpaired) electrons. The van der Waals surface area contributed by atoms with Crippen LogP contribution in [0.4, 0.5) is 0 Å². The van der Waals surface area contributed by atoms with Crippen LogP contribution in [0.15, 0.2) is 23.1 Å². The Labute approximate surface area is 123 Å². The van der Waals surface area contributed by atoms with E-state index in [0.717, 1.165) is 19.3 Å². The second-order valence-electron chi connectivity index (χ2n) is 4.89. The second-order valence-corrected chi connectivity index (χ2v) is 6.86. The molecule has 0 spiro atoms. The largest absolute Gasteiger partial charge is 0.336 e. The first kappa shape index (κ1) is 15.3. The lowest BCUT2D eigenvalue weighted by atomic mass is 10.1. The predicted molar refractivity (Wildman–Crippen MR) is 77.2 cm³/mol. The Morgan fingerprint density at radius 3 is 2.80 bits per heavy atom. The van der Waals surface area contributed by atoms with Gasteiger partial charge in [0.25, 0.3) is 5.91 Å². The van der Waals surface area contributed by atoms with Gasteiger partial charge in [0, 0.05) is 12.6 Å². The first-order chi connectivity index (χ1) is 9.34. The molecule has 110 valence electrons. The Bertz CT molecular complexity index is 631. The molecule has 1 atom stereocenters. The summed E-state index contributed by atoms with van der Waals surface area (Å²) < 4.78 is 22.7. The minimum atomic E-state index is -3.85. The molecule has 1 fully saturated rings. The first-order valence-electron chi connectivity index (χ1n) is 6.48. The van der Waals surface area contributed by atoms with Gasteiger partial charge >= 0.3 is 0 Å². The summed E-state index contributed by atoms with van der Waals surface area (Å²) >= 11 is 6.03. The number of carbonyl (C=O) groups is 1. The molecule has 1 aliphatic rings. The average molecular weight is 317 g/mol. The summed E-state index contributed by atoms with van der Waals surface area (Å²) in [7, 11) is -3.85. The molecule has 1 aromatic rings. The van der Waals surface area contributed by atoms with Crippen LogP contribution in [-0.4, -0.2) is 31.8 Å². The highest BCUT2D eigenvalue weighted by atomic mass is 35.5. The Kier molecular flexibility index (Phi) is 4.36. The van der Waals surface area contributed by atoms with Crippen molar-refractivity contribution in [2.45, 2.75) is 37.1 Å². The van der Waals surface area contributed by atoms with Gasteiger partial charge in [-0.25, -0.2) is 13.6 Å². The number of hydrogen-bond acceptors (Lipinski definition) is 3. The van der Waals surface area contributed by atoms with E-state index in [1.165, 1.54) is 18.2 Å². The normalized spacial score (nSPS) is 19.4. The van der Waals surface area contributed by atoms with E-state index < -0.39 is 10.0 Å². The maximum absolute atomic E-state index is 12.5. The zero-order valence-corrected chi connectivity index (χ0v) is 12.7. The van der Waals surface area contributed by atoms with Crippen LogP contribution in [0.1, 0.15) is 36.5 Å². The molecule has 5 nitrogen and oxygen atoms in total. The summed E-state index contributed by atoms with van der Waals surface area (Å²) in [4.78, 5) is 14.2. The monoisotopic (exact) mass is 316 g/mol. The van der Waals surface area contributed by atoms with Crippen LogP contribution in [0.3, 0.4) is 0 Å². The Morgan fingerprint density at radius 2 is 2.20 bits per heavy atom. The molecule has 1 aliphatic heterocycles. The smallest absolute Gasteiger partial charge is 0.255 e. The van der Waals surface area contributed by atoms with E-state index in [2.05, 4.69) is 0 Å².